The molecule has 3 N–H and O–H groups in total. The first-order valence-electron chi connectivity index (χ1n) is 6.56. The Labute approximate surface area is 119 Å². The number of anilines is 2. The highest BCUT2D eigenvalue weighted by molar-refractivity contribution is 6.33. The van der Waals surface area contributed by atoms with Gasteiger partial charge >= 0.3 is 0 Å². The van der Waals surface area contributed by atoms with Crippen LogP contribution in [0.15, 0.2) is 18.2 Å². The fraction of sp³-hybridized carbons (Fsp3) is 0.500. The van der Waals surface area contributed by atoms with E-state index in [1.165, 1.54) is 12.8 Å². The number of benzene rings is 1. The smallest absolute Gasteiger partial charge is 0.250 e. The summed E-state index contributed by atoms with van der Waals surface area (Å²) < 4.78 is 5.30. The van der Waals surface area contributed by atoms with Gasteiger partial charge < -0.3 is 15.8 Å². The topological polar surface area (TPSA) is 64.3 Å². The van der Waals surface area contributed by atoms with Crippen LogP contribution < -0.4 is 11.1 Å². The Morgan fingerprint density at radius 3 is 2.84 bits per heavy atom. The van der Waals surface area contributed by atoms with Crippen LogP contribution in [-0.4, -0.2) is 19.1 Å². The molecule has 106 valence electrons. The number of unbranched alkanes of at least 4 members (excludes halogenated alkanes) is 3. The molecular formula is C14H21ClN2O2. The van der Waals surface area contributed by atoms with Crippen molar-refractivity contribution in [1.29, 1.82) is 0 Å². The molecule has 0 radical (unpaired) electrons. The van der Waals surface area contributed by atoms with Crippen LogP contribution >= 0.6 is 11.6 Å². The van der Waals surface area contributed by atoms with E-state index in [9.17, 15) is 4.79 Å². The zero-order valence-corrected chi connectivity index (χ0v) is 12.0. The lowest BCUT2D eigenvalue weighted by atomic mass is 10.2. The second-order valence-corrected chi connectivity index (χ2v) is 4.80. The van der Waals surface area contributed by atoms with Gasteiger partial charge in [-0.3, -0.25) is 4.79 Å². The SMILES string of the molecule is CCCCCCOCC(=O)Nc1ccc(Cl)c(N)c1. The third-order valence-corrected chi connectivity index (χ3v) is 3.00. The summed E-state index contributed by atoms with van der Waals surface area (Å²) in [4.78, 5) is 11.6. The summed E-state index contributed by atoms with van der Waals surface area (Å²) in [6.45, 7) is 2.84. The van der Waals surface area contributed by atoms with Crippen molar-refractivity contribution in [3.05, 3.63) is 23.2 Å². The van der Waals surface area contributed by atoms with Crippen LogP contribution in [0, 0.1) is 0 Å². The second kappa shape index (κ2) is 8.77. The van der Waals surface area contributed by atoms with Crippen molar-refractivity contribution in [2.45, 2.75) is 32.6 Å². The summed E-state index contributed by atoms with van der Waals surface area (Å²) in [6, 6.07) is 4.98. The van der Waals surface area contributed by atoms with Crippen LogP contribution in [0.25, 0.3) is 0 Å². The number of halogens is 1. The molecule has 0 bridgehead atoms. The third kappa shape index (κ3) is 6.45. The molecule has 1 rings (SSSR count). The van der Waals surface area contributed by atoms with Gasteiger partial charge in [-0.15, -0.1) is 0 Å². The Morgan fingerprint density at radius 1 is 1.37 bits per heavy atom. The molecule has 0 fully saturated rings. The molecule has 1 amide bonds. The van der Waals surface area contributed by atoms with E-state index in [2.05, 4.69) is 12.2 Å². The fourth-order valence-corrected chi connectivity index (χ4v) is 1.73. The lowest BCUT2D eigenvalue weighted by molar-refractivity contribution is -0.120. The normalized spacial score (nSPS) is 10.4. The Hall–Kier alpha value is -1.26. The number of nitrogens with two attached hydrogens (primary N) is 1. The molecular weight excluding hydrogens is 264 g/mol. The van der Waals surface area contributed by atoms with E-state index in [-0.39, 0.29) is 12.5 Å². The summed E-state index contributed by atoms with van der Waals surface area (Å²) in [7, 11) is 0. The Kier molecular flexibility index (Phi) is 7.30. The molecule has 0 aliphatic rings. The summed E-state index contributed by atoms with van der Waals surface area (Å²) in [5.41, 5.74) is 6.72. The van der Waals surface area contributed by atoms with Crippen molar-refractivity contribution in [2.75, 3.05) is 24.3 Å². The number of ether oxygens (including phenoxy) is 1. The van der Waals surface area contributed by atoms with Gasteiger partial charge in [0, 0.05) is 12.3 Å². The minimum Gasteiger partial charge on any atom is -0.397 e. The molecule has 0 saturated carbocycles. The molecule has 0 unspecified atom stereocenters. The average Bonchev–Trinajstić information content (AvgIpc) is 2.38. The first-order valence-corrected chi connectivity index (χ1v) is 6.94. The molecule has 4 nitrogen and oxygen atoms in total. The number of carbonyl (C=O) groups excluding carboxylic acids is 1. The van der Waals surface area contributed by atoms with Crippen LogP contribution in [0.3, 0.4) is 0 Å². The molecule has 0 aliphatic heterocycles. The largest absolute Gasteiger partial charge is 0.397 e. The van der Waals surface area contributed by atoms with Crippen LogP contribution in [-0.2, 0) is 9.53 Å². The summed E-state index contributed by atoms with van der Waals surface area (Å²) in [5.74, 6) is -0.183. The highest BCUT2D eigenvalue weighted by Gasteiger charge is 2.04. The first-order chi connectivity index (χ1) is 9.13. The molecule has 0 atom stereocenters. The van der Waals surface area contributed by atoms with E-state index in [4.69, 9.17) is 22.1 Å². The van der Waals surface area contributed by atoms with E-state index >= 15 is 0 Å². The highest BCUT2D eigenvalue weighted by Crippen LogP contribution is 2.22. The predicted molar refractivity (Wildman–Crippen MR) is 79.5 cm³/mol. The lowest BCUT2D eigenvalue weighted by Crippen LogP contribution is -2.18. The average molecular weight is 285 g/mol. The van der Waals surface area contributed by atoms with Gasteiger partial charge in [0.15, 0.2) is 0 Å². The van der Waals surface area contributed by atoms with Gasteiger partial charge in [0.1, 0.15) is 6.61 Å². The zero-order chi connectivity index (χ0) is 14.1. The molecule has 19 heavy (non-hydrogen) atoms. The Bertz CT molecular complexity index is 410. The van der Waals surface area contributed by atoms with Gasteiger partial charge in [-0.05, 0) is 24.6 Å². The van der Waals surface area contributed by atoms with E-state index < -0.39 is 0 Å². The number of rotatable bonds is 8. The first kappa shape index (κ1) is 15.8. The van der Waals surface area contributed by atoms with E-state index in [0.29, 0.717) is 23.0 Å². The molecule has 1 aromatic rings. The van der Waals surface area contributed by atoms with Crippen molar-refractivity contribution in [2.24, 2.45) is 0 Å². The fourth-order valence-electron chi connectivity index (χ4n) is 1.61. The summed E-state index contributed by atoms with van der Waals surface area (Å²) >= 11 is 5.80. The van der Waals surface area contributed by atoms with Crippen LogP contribution in [0.4, 0.5) is 11.4 Å². The number of nitrogens with one attached hydrogen (secondary N) is 1. The zero-order valence-electron chi connectivity index (χ0n) is 11.2. The maximum absolute atomic E-state index is 11.6. The van der Waals surface area contributed by atoms with Crippen molar-refractivity contribution >= 4 is 28.9 Å². The van der Waals surface area contributed by atoms with Gasteiger partial charge in [0.25, 0.3) is 0 Å². The quantitative estimate of drug-likeness (QED) is 0.567. The number of amides is 1. The Balaban J connectivity index is 2.21. The van der Waals surface area contributed by atoms with Crippen LogP contribution in [0.2, 0.25) is 5.02 Å². The van der Waals surface area contributed by atoms with Gasteiger partial charge in [0.2, 0.25) is 5.91 Å². The molecule has 0 heterocycles. The molecule has 0 saturated heterocycles. The van der Waals surface area contributed by atoms with Gasteiger partial charge in [-0.25, -0.2) is 0 Å². The maximum atomic E-state index is 11.6. The minimum absolute atomic E-state index is 0.0641. The van der Waals surface area contributed by atoms with Crippen LogP contribution in [0.5, 0.6) is 0 Å². The molecule has 1 aromatic carbocycles. The molecule has 0 spiro atoms. The minimum atomic E-state index is -0.183. The highest BCUT2D eigenvalue weighted by atomic mass is 35.5. The predicted octanol–water partition coefficient (Wildman–Crippen LogP) is 3.46. The monoisotopic (exact) mass is 284 g/mol. The number of hydrogen-bond acceptors (Lipinski definition) is 3. The second-order valence-electron chi connectivity index (χ2n) is 4.40. The van der Waals surface area contributed by atoms with Gasteiger partial charge in [-0.2, -0.15) is 0 Å². The lowest BCUT2D eigenvalue weighted by Gasteiger charge is -2.07. The third-order valence-electron chi connectivity index (χ3n) is 2.66. The number of hydrogen-bond donors (Lipinski definition) is 2. The number of carbonyl (C=O) groups is 1. The van der Waals surface area contributed by atoms with Gasteiger partial charge in [0.05, 0.1) is 10.7 Å². The van der Waals surface area contributed by atoms with Crippen molar-refractivity contribution in [3.63, 3.8) is 0 Å². The van der Waals surface area contributed by atoms with E-state index in [0.717, 1.165) is 12.8 Å². The van der Waals surface area contributed by atoms with Crippen molar-refractivity contribution < 1.29 is 9.53 Å². The van der Waals surface area contributed by atoms with E-state index in [1.54, 1.807) is 18.2 Å². The standard InChI is InChI=1S/C14H21ClN2O2/c1-2-3-4-5-8-19-10-14(18)17-11-6-7-12(15)13(16)9-11/h6-7,9H,2-5,8,10,16H2,1H3,(H,17,18). The summed E-state index contributed by atoms with van der Waals surface area (Å²) in [5, 5.41) is 3.19. The van der Waals surface area contributed by atoms with Crippen molar-refractivity contribution in [3.8, 4) is 0 Å². The van der Waals surface area contributed by atoms with E-state index in [1.807, 2.05) is 0 Å². The molecule has 5 heteroatoms. The maximum Gasteiger partial charge on any atom is 0.250 e. The van der Waals surface area contributed by atoms with Crippen LogP contribution in [0.1, 0.15) is 32.6 Å². The molecule has 0 aromatic heterocycles. The summed E-state index contributed by atoms with van der Waals surface area (Å²) in [6.07, 6.45) is 4.54. The van der Waals surface area contributed by atoms with Gasteiger partial charge in [-0.1, -0.05) is 37.8 Å². The Morgan fingerprint density at radius 2 is 2.16 bits per heavy atom. The number of nitrogen functional groups attached to an aromatic ring is 1. The van der Waals surface area contributed by atoms with Crippen molar-refractivity contribution in [1.82, 2.24) is 0 Å². The molecule has 0 aliphatic carbocycles.